The van der Waals surface area contributed by atoms with E-state index in [0.29, 0.717) is 17.9 Å². The molecule has 82 valence electrons. The molecule has 0 atom stereocenters. The van der Waals surface area contributed by atoms with E-state index in [1.165, 1.54) is 14.2 Å². The maximum Gasteiger partial charge on any atom is 0.337 e. The number of rotatable bonds is 4. The van der Waals surface area contributed by atoms with Crippen LogP contribution < -0.4 is 16.0 Å². The van der Waals surface area contributed by atoms with Gasteiger partial charge < -0.3 is 9.47 Å². The Hall–Kier alpha value is -1.59. The van der Waals surface area contributed by atoms with Gasteiger partial charge in [-0.25, -0.2) is 4.79 Å². The summed E-state index contributed by atoms with van der Waals surface area (Å²) in [7, 11) is 2.88. The van der Waals surface area contributed by atoms with Crippen molar-refractivity contribution in [3.05, 3.63) is 29.3 Å². The van der Waals surface area contributed by atoms with E-state index in [1.54, 1.807) is 18.2 Å². The Kier molecular flexibility index (Phi) is 4.08. The molecular weight excluding hydrogens is 196 g/mol. The third kappa shape index (κ3) is 2.68. The Balaban J connectivity index is 3.01. The van der Waals surface area contributed by atoms with Gasteiger partial charge in [0.05, 0.1) is 19.8 Å². The smallest absolute Gasteiger partial charge is 0.337 e. The van der Waals surface area contributed by atoms with Gasteiger partial charge in [-0.3, -0.25) is 11.3 Å². The average molecular weight is 210 g/mol. The second-order valence-electron chi connectivity index (χ2n) is 2.90. The van der Waals surface area contributed by atoms with Crippen LogP contribution in [0.1, 0.15) is 15.9 Å². The fourth-order valence-corrected chi connectivity index (χ4v) is 1.25. The lowest BCUT2D eigenvalue weighted by Gasteiger charge is -2.09. The van der Waals surface area contributed by atoms with Crippen LogP contribution in [-0.4, -0.2) is 20.2 Å². The summed E-state index contributed by atoms with van der Waals surface area (Å²) >= 11 is 0. The number of hydrogen-bond acceptors (Lipinski definition) is 5. The first-order valence-corrected chi connectivity index (χ1v) is 4.41. The van der Waals surface area contributed by atoms with Crippen LogP contribution >= 0.6 is 0 Å². The molecule has 5 heteroatoms. The monoisotopic (exact) mass is 210 g/mol. The van der Waals surface area contributed by atoms with Crippen molar-refractivity contribution in [1.29, 1.82) is 0 Å². The van der Waals surface area contributed by atoms with Gasteiger partial charge >= 0.3 is 5.97 Å². The summed E-state index contributed by atoms with van der Waals surface area (Å²) < 4.78 is 9.73. The van der Waals surface area contributed by atoms with E-state index in [4.69, 9.17) is 10.6 Å². The third-order valence-electron chi connectivity index (χ3n) is 2.00. The first-order chi connectivity index (χ1) is 7.22. The predicted octanol–water partition coefficient (Wildman–Crippen LogP) is 0.445. The SMILES string of the molecule is COC(=O)c1ccc(CNN)c(OC)c1. The Morgan fingerprint density at radius 3 is 2.73 bits per heavy atom. The highest BCUT2D eigenvalue weighted by Crippen LogP contribution is 2.20. The maximum atomic E-state index is 11.2. The normalized spacial score (nSPS) is 9.80. The fraction of sp³-hybridized carbons (Fsp3) is 0.300. The summed E-state index contributed by atoms with van der Waals surface area (Å²) in [5, 5.41) is 0. The third-order valence-corrected chi connectivity index (χ3v) is 2.00. The number of nitrogens with one attached hydrogen (secondary N) is 1. The fourth-order valence-electron chi connectivity index (χ4n) is 1.25. The van der Waals surface area contributed by atoms with Gasteiger partial charge in [0.2, 0.25) is 0 Å². The van der Waals surface area contributed by atoms with E-state index in [0.717, 1.165) is 5.56 Å². The number of hydrazine groups is 1. The van der Waals surface area contributed by atoms with Crippen molar-refractivity contribution in [3.8, 4) is 5.75 Å². The van der Waals surface area contributed by atoms with E-state index in [1.807, 2.05) is 0 Å². The van der Waals surface area contributed by atoms with E-state index in [9.17, 15) is 4.79 Å². The van der Waals surface area contributed by atoms with E-state index >= 15 is 0 Å². The molecule has 0 radical (unpaired) electrons. The second kappa shape index (κ2) is 5.33. The van der Waals surface area contributed by atoms with Gasteiger partial charge in [0.25, 0.3) is 0 Å². The van der Waals surface area contributed by atoms with Crippen molar-refractivity contribution in [1.82, 2.24) is 5.43 Å². The largest absolute Gasteiger partial charge is 0.496 e. The first kappa shape index (κ1) is 11.5. The summed E-state index contributed by atoms with van der Waals surface area (Å²) in [6.45, 7) is 0.477. The second-order valence-corrected chi connectivity index (χ2v) is 2.90. The van der Waals surface area contributed by atoms with Crippen LogP contribution in [0.2, 0.25) is 0 Å². The number of methoxy groups -OCH3 is 2. The lowest BCUT2D eigenvalue weighted by Crippen LogP contribution is -2.21. The van der Waals surface area contributed by atoms with Crippen LogP contribution in [0.15, 0.2) is 18.2 Å². The molecule has 0 saturated carbocycles. The standard InChI is InChI=1S/C10H14N2O3/c1-14-9-5-7(10(13)15-2)3-4-8(9)6-12-11/h3-5,12H,6,11H2,1-2H3. The Labute approximate surface area is 88.1 Å². The molecular formula is C10H14N2O3. The van der Waals surface area contributed by atoms with E-state index < -0.39 is 0 Å². The molecule has 3 N–H and O–H groups in total. The number of hydrogen-bond donors (Lipinski definition) is 2. The van der Waals surface area contributed by atoms with Gasteiger partial charge in [-0.05, 0) is 12.1 Å². The summed E-state index contributed by atoms with van der Waals surface area (Å²) in [4.78, 5) is 11.2. The zero-order chi connectivity index (χ0) is 11.3. The summed E-state index contributed by atoms with van der Waals surface area (Å²) in [6, 6.07) is 5.06. The molecule has 0 saturated heterocycles. The topological polar surface area (TPSA) is 73.6 Å². The van der Waals surface area contributed by atoms with Gasteiger partial charge in [-0.15, -0.1) is 0 Å². The van der Waals surface area contributed by atoms with Crippen LogP contribution in [0, 0.1) is 0 Å². The molecule has 0 heterocycles. The molecule has 15 heavy (non-hydrogen) atoms. The highest BCUT2D eigenvalue weighted by atomic mass is 16.5. The average Bonchev–Trinajstić information content (AvgIpc) is 2.29. The van der Waals surface area contributed by atoms with Crippen LogP contribution in [0.4, 0.5) is 0 Å². The summed E-state index contributed by atoms with van der Waals surface area (Å²) in [6.07, 6.45) is 0. The Morgan fingerprint density at radius 2 is 2.20 bits per heavy atom. The molecule has 0 spiro atoms. The zero-order valence-corrected chi connectivity index (χ0v) is 8.74. The van der Waals surface area contributed by atoms with Crippen LogP contribution in [0.25, 0.3) is 0 Å². The first-order valence-electron chi connectivity index (χ1n) is 4.41. The van der Waals surface area contributed by atoms with Gasteiger partial charge in [-0.1, -0.05) is 6.07 Å². The van der Waals surface area contributed by atoms with Crippen LogP contribution in [0.3, 0.4) is 0 Å². The van der Waals surface area contributed by atoms with Crippen molar-refractivity contribution in [2.24, 2.45) is 5.84 Å². The lowest BCUT2D eigenvalue weighted by molar-refractivity contribution is 0.0600. The predicted molar refractivity (Wildman–Crippen MR) is 55.4 cm³/mol. The minimum Gasteiger partial charge on any atom is -0.496 e. The number of benzene rings is 1. The number of carbonyl (C=O) groups excluding carboxylic acids is 1. The highest BCUT2D eigenvalue weighted by Gasteiger charge is 2.09. The quantitative estimate of drug-likeness (QED) is 0.428. The molecule has 1 rings (SSSR count). The molecule has 5 nitrogen and oxygen atoms in total. The number of ether oxygens (including phenoxy) is 2. The van der Waals surface area contributed by atoms with Gasteiger partial charge in [0, 0.05) is 12.1 Å². The highest BCUT2D eigenvalue weighted by molar-refractivity contribution is 5.89. The minimum absolute atomic E-state index is 0.388. The Morgan fingerprint density at radius 1 is 1.47 bits per heavy atom. The molecule has 0 unspecified atom stereocenters. The van der Waals surface area contributed by atoms with Crippen molar-refractivity contribution in [2.75, 3.05) is 14.2 Å². The lowest BCUT2D eigenvalue weighted by atomic mass is 10.1. The Bertz CT molecular complexity index is 353. The van der Waals surface area contributed by atoms with Crippen molar-refractivity contribution < 1.29 is 14.3 Å². The molecule has 0 bridgehead atoms. The number of nitrogens with two attached hydrogens (primary N) is 1. The van der Waals surface area contributed by atoms with Crippen LogP contribution in [0.5, 0.6) is 5.75 Å². The summed E-state index contributed by atoms with van der Waals surface area (Å²) in [5.41, 5.74) is 3.86. The molecule has 0 amide bonds. The van der Waals surface area contributed by atoms with E-state index in [-0.39, 0.29) is 5.97 Å². The van der Waals surface area contributed by atoms with Gasteiger partial charge in [0.15, 0.2) is 0 Å². The van der Waals surface area contributed by atoms with Gasteiger partial charge in [-0.2, -0.15) is 0 Å². The zero-order valence-electron chi connectivity index (χ0n) is 8.74. The van der Waals surface area contributed by atoms with Crippen molar-refractivity contribution in [3.63, 3.8) is 0 Å². The molecule has 0 fully saturated rings. The van der Waals surface area contributed by atoms with Crippen molar-refractivity contribution in [2.45, 2.75) is 6.54 Å². The molecule has 0 aliphatic carbocycles. The molecule has 1 aromatic carbocycles. The molecule has 1 aromatic rings. The number of carbonyl (C=O) groups is 1. The van der Waals surface area contributed by atoms with Gasteiger partial charge in [0.1, 0.15) is 5.75 Å². The maximum absolute atomic E-state index is 11.2. The molecule has 0 aliphatic heterocycles. The summed E-state index contributed by atoms with van der Waals surface area (Å²) in [5.74, 6) is 5.43. The van der Waals surface area contributed by atoms with Crippen LogP contribution in [-0.2, 0) is 11.3 Å². The molecule has 0 aromatic heterocycles. The van der Waals surface area contributed by atoms with Crippen molar-refractivity contribution >= 4 is 5.97 Å². The minimum atomic E-state index is -0.388. The number of esters is 1. The van der Waals surface area contributed by atoms with E-state index in [2.05, 4.69) is 10.2 Å². The molecule has 0 aliphatic rings.